The molecule has 0 aromatic heterocycles. The number of carbonyl (C=O) groups is 2. The van der Waals surface area contributed by atoms with E-state index in [0.717, 1.165) is 19.5 Å². The van der Waals surface area contributed by atoms with Crippen LogP contribution in [0.25, 0.3) is 0 Å². The highest BCUT2D eigenvalue weighted by atomic mass is 16.4. The van der Waals surface area contributed by atoms with Crippen LogP contribution in [0.5, 0.6) is 0 Å². The largest absolute Gasteiger partial charge is 0.478 e. The third kappa shape index (κ3) is 3.29. The molecule has 1 aliphatic heterocycles. The van der Waals surface area contributed by atoms with Gasteiger partial charge in [0.05, 0.1) is 5.56 Å². The highest BCUT2D eigenvalue weighted by Gasteiger charge is 2.28. The van der Waals surface area contributed by atoms with E-state index >= 15 is 0 Å². The number of aromatic carboxylic acids is 1. The summed E-state index contributed by atoms with van der Waals surface area (Å²) in [6, 6.07) is 6.13. The van der Waals surface area contributed by atoms with E-state index in [1.54, 1.807) is 17.0 Å². The van der Waals surface area contributed by atoms with Gasteiger partial charge in [0.25, 0.3) is 0 Å². The Morgan fingerprint density at radius 2 is 2.15 bits per heavy atom. The molecule has 1 unspecified atom stereocenters. The van der Waals surface area contributed by atoms with Crippen LogP contribution in [0.2, 0.25) is 0 Å². The Labute approximate surface area is 118 Å². The fourth-order valence-electron chi connectivity index (χ4n) is 2.45. The second-order valence-corrected chi connectivity index (χ2v) is 5.55. The molecule has 0 radical (unpaired) electrons. The Kier molecular flexibility index (Phi) is 4.27. The maximum Gasteiger partial charge on any atom is 0.335 e. The average Bonchev–Trinajstić information content (AvgIpc) is 2.88. The second kappa shape index (κ2) is 5.94. The lowest BCUT2D eigenvalue weighted by Crippen LogP contribution is -2.33. The van der Waals surface area contributed by atoms with Gasteiger partial charge in [-0.25, -0.2) is 9.59 Å². The molecule has 1 fully saturated rings. The third-order valence-corrected chi connectivity index (χ3v) is 3.82. The van der Waals surface area contributed by atoms with Crippen LogP contribution >= 0.6 is 0 Å². The number of anilines is 1. The third-order valence-electron chi connectivity index (χ3n) is 3.82. The van der Waals surface area contributed by atoms with Gasteiger partial charge >= 0.3 is 12.0 Å². The van der Waals surface area contributed by atoms with Crippen molar-refractivity contribution < 1.29 is 14.7 Å². The van der Waals surface area contributed by atoms with E-state index in [-0.39, 0.29) is 11.6 Å². The van der Waals surface area contributed by atoms with Crippen molar-refractivity contribution in [3.05, 3.63) is 29.8 Å². The number of carboxylic acid groups (broad SMARTS) is 1. The standard InChI is InChI=1S/C15H20N2O3/c1-10(2)12-6-7-17(9-12)15(20)16-13-5-3-4-11(8-13)14(18)19/h3-5,8,10,12H,6-7,9H2,1-2H3,(H,16,20)(H,18,19). The summed E-state index contributed by atoms with van der Waals surface area (Å²) in [5.41, 5.74) is 0.687. The van der Waals surface area contributed by atoms with E-state index in [2.05, 4.69) is 19.2 Å². The normalized spacial score (nSPS) is 18.4. The highest BCUT2D eigenvalue weighted by molar-refractivity contribution is 5.93. The van der Waals surface area contributed by atoms with Crippen LogP contribution in [-0.2, 0) is 0 Å². The summed E-state index contributed by atoms with van der Waals surface area (Å²) >= 11 is 0. The number of hydrogen-bond donors (Lipinski definition) is 2. The molecule has 5 heteroatoms. The molecule has 1 heterocycles. The minimum atomic E-state index is -0.998. The Balaban J connectivity index is 1.98. The number of benzene rings is 1. The van der Waals surface area contributed by atoms with Crippen LogP contribution in [0.4, 0.5) is 10.5 Å². The summed E-state index contributed by atoms with van der Waals surface area (Å²) in [5, 5.41) is 11.7. The number of nitrogens with zero attached hydrogens (tertiary/aromatic N) is 1. The van der Waals surface area contributed by atoms with E-state index in [1.807, 2.05) is 0 Å². The Bertz CT molecular complexity index is 514. The van der Waals surface area contributed by atoms with E-state index < -0.39 is 5.97 Å². The number of amides is 2. The zero-order valence-corrected chi connectivity index (χ0v) is 11.8. The molecule has 1 atom stereocenters. The SMILES string of the molecule is CC(C)C1CCN(C(=O)Nc2cccc(C(=O)O)c2)C1. The second-order valence-electron chi connectivity index (χ2n) is 5.55. The number of carbonyl (C=O) groups excluding carboxylic acids is 1. The van der Waals surface area contributed by atoms with Gasteiger partial charge in [-0.05, 0) is 36.5 Å². The lowest BCUT2D eigenvalue weighted by atomic mass is 9.95. The van der Waals surface area contributed by atoms with Gasteiger partial charge < -0.3 is 15.3 Å². The monoisotopic (exact) mass is 276 g/mol. The van der Waals surface area contributed by atoms with Gasteiger partial charge in [-0.2, -0.15) is 0 Å². The number of hydrogen-bond acceptors (Lipinski definition) is 2. The van der Waals surface area contributed by atoms with Crippen molar-refractivity contribution >= 4 is 17.7 Å². The van der Waals surface area contributed by atoms with Crippen LogP contribution in [0, 0.1) is 11.8 Å². The van der Waals surface area contributed by atoms with E-state index in [1.165, 1.54) is 12.1 Å². The number of nitrogens with one attached hydrogen (secondary N) is 1. The quantitative estimate of drug-likeness (QED) is 0.891. The molecule has 2 amide bonds. The van der Waals surface area contributed by atoms with Crippen LogP contribution in [0.3, 0.4) is 0 Å². The topological polar surface area (TPSA) is 69.6 Å². The molecule has 0 bridgehead atoms. The summed E-state index contributed by atoms with van der Waals surface area (Å²) in [4.78, 5) is 24.8. The van der Waals surface area contributed by atoms with Gasteiger partial charge in [-0.15, -0.1) is 0 Å². The van der Waals surface area contributed by atoms with Crippen molar-refractivity contribution in [2.75, 3.05) is 18.4 Å². The van der Waals surface area contributed by atoms with E-state index in [0.29, 0.717) is 17.5 Å². The smallest absolute Gasteiger partial charge is 0.335 e. The number of carboxylic acids is 1. The summed E-state index contributed by atoms with van der Waals surface area (Å²) in [7, 11) is 0. The minimum Gasteiger partial charge on any atom is -0.478 e. The zero-order chi connectivity index (χ0) is 14.7. The molecular weight excluding hydrogens is 256 g/mol. The first-order valence-electron chi connectivity index (χ1n) is 6.86. The van der Waals surface area contributed by atoms with Gasteiger partial charge in [0.1, 0.15) is 0 Å². The van der Waals surface area contributed by atoms with Crippen molar-refractivity contribution in [2.24, 2.45) is 11.8 Å². The molecule has 2 N–H and O–H groups in total. The van der Waals surface area contributed by atoms with Gasteiger partial charge in [0.2, 0.25) is 0 Å². The molecule has 108 valence electrons. The van der Waals surface area contributed by atoms with Crippen molar-refractivity contribution in [2.45, 2.75) is 20.3 Å². The molecule has 1 aromatic carbocycles. The molecule has 5 nitrogen and oxygen atoms in total. The Morgan fingerprint density at radius 1 is 1.40 bits per heavy atom. The number of rotatable bonds is 3. The number of likely N-dealkylation sites (tertiary alicyclic amines) is 1. The molecule has 1 aliphatic rings. The van der Waals surface area contributed by atoms with Crippen molar-refractivity contribution in [3.63, 3.8) is 0 Å². The van der Waals surface area contributed by atoms with E-state index in [9.17, 15) is 9.59 Å². The lowest BCUT2D eigenvalue weighted by molar-refractivity contribution is 0.0697. The molecule has 0 spiro atoms. The van der Waals surface area contributed by atoms with Gasteiger partial charge in [-0.1, -0.05) is 19.9 Å². The molecular formula is C15H20N2O3. The summed E-state index contributed by atoms with van der Waals surface area (Å²) in [6.45, 7) is 5.86. The molecule has 0 aliphatic carbocycles. The maximum absolute atomic E-state index is 12.1. The fourth-order valence-corrected chi connectivity index (χ4v) is 2.45. The first-order chi connectivity index (χ1) is 9.47. The summed E-state index contributed by atoms with van der Waals surface area (Å²) in [6.07, 6.45) is 1.03. The molecule has 20 heavy (non-hydrogen) atoms. The predicted molar refractivity (Wildman–Crippen MR) is 76.9 cm³/mol. The molecule has 1 saturated heterocycles. The van der Waals surface area contributed by atoms with Crippen LogP contribution in [-0.4, -0.2) is 35.1 Å². The Hall–Kier alpha value is -2.04. The highest BCUT2D eigenvalue weighted by Crippen LogP contribution is 2.24. The molecule has 2 rings (SSSR count). The van der Waals surface area contributed by atoms with Gasteiger partial charge in [0, 0.05) is 18.8 Å². The minimum absolute atomic E-state index is 0.157. The zero-order valence-electron chi connectivity index (χ0n) is 11.8. The fraction of sp³-hybridized carbons (Fsp3) is 0.467. The van der Waals surface area contributed by atoms with Crippen molar-refractivity contribution in [1.82, 2.24) is 4.90 Å². The lowest BCUT2D eigenvalue weighted by Gasteiger charge is -2.18. The molecule has 1 aromatic rings. The Morgan fingerprint density at radius 3 is 2.75 bits per heavy atom. The van der Waals surface area contributed by atoms with Crippen LogP contribution < -0.4 is 5.32 Å². The maximum atomic E-state index is 12.1. The van der Waals surface area contributed by atoms with Crippen molar-refractivity contribution in [3.8, 4) is 0 Å². The average molecular weight is 276 g/mol. The van der Waals surface area contributed by atoms with E-state index in [4.69, 9.17) is 5.11 Å². The van der Waals surface area contributed by atoms with Crippen LogP contribution in [0.1, 0.15) is 30.6 Å². The summed E-state index contributed by atoms with van der Waals surface area (Å²) in [5.74, 6) is 0.122. The predicted octanol–water partition coefficient (Wildman–Crippen LogP) is 2.89. The van der Waals surface area contributed by atoms with Gasteiger partial charge in [0.15, 0.2) is 0 Å². The van der Waals surface area contributed by atoms with Gasteiger partial charge in [-0.3, -0.25) is 0 Å². The number of urea groups is 1. The van der Waals surface area contributed by atoms with Crippen molar-refractivity contribution in [1.29, 1.82) is 0 Å². The first kappa shape index (κ1) is 14.4. The molecule has 0 saturated carbocycles. The summed E-state index contributed by atoms with van der Waals surface area (Å²) < 4.78 is 0. The van der Waals surface area contributed by atoms with Crippen LogP contribution in [0.15, 0.2) is 24.3 Å². The first-order valence-corrected chi connectivity index (χ1v) is 6.86.